The number of nitriles is 1. The van der Waals surface area contributed by atoms with Gasteiger partial charge in [0.15, 0.2) is 5.82 Å². The highest BCUT2D eigenvalue weighted by atomic mass is 32.1. The number of likely N-dealkylation sites (tertiary alicyclic amines) is 1. The molecule has 0 N–H and O–H groups in total. The molecule has 1 unspecified atom stereocenters. The second-order valence-electron chi connectivity index (χ2n) is 6.59. The standard InChI is InChI=1S/C18H18N6OS/c1-2-3-13-7-17(25)23(9-13)11-24-16-5-4-12(8-19)6-14(16)20-18(24)15-10-26-22-21-15/h4-6,10,13H,2-3,7,9,11H2,1H3. The van der Waals surface area contributed by atoms with Crippen molar-refractivity contribution in [2.45, 2.75) is 32.9 Å². The van der Waals surface area contributed by atoms with Gasteiger partial charge in [0.25, 0.3) is 0 Å². The van der Waals surface area contributed by atoms with Crippen LogP contribution in [0.3, 0.4) is 0 Å². The van der Waals surface area contributed by atoms with Gasteiger partial charge in [0.1, 0.15) is 5.69 Å². The molecule has 0 spiro atoms. The summed E-state index contributed by atoms with van der Waals surface area (Å²) in [5, 5.41) is 15.1. The van der Waals surface area contributed by atoms with E-state index in [1.165, 1.54) is 11.5 Å². The van der Waals surface area contributed by atoms with Crippen LogP contribution in [0, 0.1) is 17.2 Å². The number of carbonyl (C=O) groups is 1. The number of amides is 1. The van der Waals surface area contributed by atoms with Gasteiger partial charge in [-0.1, -0.05) is 17.8 Å². The van der Waals surface area contributed by atoms with Gasteiger partial charge in [0.2, 0.25) is 5.91 Å². The van der Waals surface area contributed by atoms with Crippen LogP contribution in [-0.2, 0) is 11.5 Å². The Labute approximate surface area is 155 Å². The highest BCUT2D eigenvalue weighted by molar-refractivity contribution is 7.03. The van der Waals surface area contributed by atoms with Crippen LogP contribution in [0.2, 0.25) is 0 Å². The summed E-state index contributed by atoms with van der Waals surface area (Å²) in [5.74, 6) is 1.29. The van der Waals surface area contributed by atoms with Gasteiger partial charge in [-0.3, -0.25) is 4.79 Å². The molecule has 0 bridgehead atoms. The zero-order chi connectivity index (χ0) is 18.1. The minimum absolute atomic E-state index is 0.182. The van der Waals surface area contributed by atoms with Crippen LogP contribution in [0.5, 0.6) is 0 Å². The quantitative estimate of drug-likeness (QED) is 0.692. The average Bonchev–Trinajstić information content (AvgIpc) is 3.35. The molecule has 8 heteroatoms. The molecule has 1 fully saturated rings. The first-order valence-electron chi connectivity index (χ1n) is 8.65. The normalized spacial score (nSPS) is 17.2. The summed E-state index contributed by atoms with van der Waals surface area (Å²) in [6.45, 7) is 3.36. The first-order chi connectivity index (χ1) is 12.7. The molecule has 132 valence electrons. The lowest BCUT2D eigenvalue weighted by Crippen LogP contribution is -2.28. The Morgan fingerprint density at radius 2 is 2.31 bits per heavy atom. The van der Waals surface area contributed by atoms with Gasteiger partial charge < -0.3 is 9.47 Å². The third-order valence-electron chi connectivity index (χ3n) is 4.77. The van der Waals surface area contributed by atoms with Gasteiger partial charge in [-0.05, 0) is 42.1 Å². The SMILES string of the molecule is CCCC1CC(=O)N(Cn2c(-c3csnn3)nc3cc(C#N)ccc32)C1. The molecular formula is C18H18N6OS. The van der Waals surface area contributed by atoms with Crippen molar-refractivity contribution in [3.05, 3.63) is 29.1 Å². The van der Waals surface area contributed by atoms with Gasteiger partial charge in [0.05, 0.1) is 29.3 Å². The van der Waals surface area contributed by atoms with Crippen LogP contribution < -0.4 is 0 Å². The van der Waals surface area contributed by atoms with E-state index in [0.717, 1.165) is 30.4 Å². The van der Waals surface area contributed by atoms with E-state index >= 15 is 0 Å². The van der Waals surface area contributed by atoms with Crippen LogP contribution in [0.1, 0.15) is 31.7 Å². The predicted molar refractivity (Wildman–Crippen MR) is 98.1 cm³/mol. The lowest BCUT2D eigenvalue weighted by atomic mass is 10.0. The molecule has 1 atom stereocenters. The fraction of sp³-hybridized carbons (Fsp3) is 0.389. The van der Waals surface area contributed by atoms with Crippen molar-refractivity contribution in [1.29, 1.82) is 5.26 Å². The highest BCUT2D eigenvalue weighted by Gasteiger charge is 2.30. The molecule has 1 aromatic carbocycles. The number of benzene rings is 1. The molecule has 3 aromatic rings. The van der Waals surface area contributed by atoms with Gasteiger partial charge in [-0.25, -0.2) is 4.98 Å². The lowest BCUT2D eigenvalue weighted by Gasteiger charge is -2.19. The van der Waals surface area contributed by atoms with Crippen molar-refractivity contribution in [3.8, 4) is 17.6 Å². The molecule has 7 nitrogen and oxygen atoms in total. The van der Waals surface area contributed by atoms with E-state index in [1.807, 2.05) is 20.9 Å². The zero-order valence-corrected chi connectivity index (χ0v) is 15.2. The maximum atomic E-state index is 12.4. The summed E-state index contributed by atoms with van der Waals surface area (Å²) < 4.78 is 5.93. The predicted octanol–water partition coefficient (Wildman–Crippen LogP) is 3.03. The Hall–Kier alpha value is -2.79. The van der Waals surface area contributed by atoms with E-state index in [0.29, 0.717) is 36.1 Å². The summed E-state index contributed by atoms with van der Waals surface area (Å²) in [4.78, 5) is 19.0. The van der Waals surface area contributed by atoms with Crippen LogP contribution in [-0.4, -0.2) is 36.5 Å². The third-order valence-corrected chi connectivity index (χ3v) is 5.27. The molecule has 0 radical (unpaired) electrons. The van der Waals surface area contributed by atoms with Crippen molar-refractivity contribution < 1.29 is 4.79 Å². The number of rotatable bonds is 5. The van der Waals surface area contributed by atoms with Crippen LogP contribution >= 0.6 is 11.5 Å². The topological polar surface area (TPSA) is 87.7 Å². The Morgan fingerprint density at radius 1 is 1.42 bits per heavy atom. The summed E-state index contributed by atoms with van der Waals surface area (Å²) in [7, 11) is 0. The second-order valence-corrected chi connectivity index (χ2v) is 7.20. The van der Waals surface area contributed by atoms with Crippen molar-refractivity contribution in [1.82, 2.24) is 24.0 Å². The maximum absolute atomic E-state index is 12.4. The third kappa shape index (κ3) is 2.95. The van der Waals surface area contributed by atoms with Gasteiger partial charge in [0, 0.05) is 18.3 Å². The summed E-state index contributed by atoms with van der Waals surface area (Å²) in [5.41, 5.74) is 2.86. The number of aromatic nitrogens is 4. The molecule has 1 amide bonds. The second kappa shape index (κ2) is 6.84. The number of carbonyl (C=O) groups excluding carboxylic acids is 1. The first-order valence-corrected chi connectivity index (χ1v) is 9.48. The Bertz CT molecular complexity index is 987. The Balaban J connectivity index is 1.74. The zero-order valence-electron chi connectivity index (χ0n) is 14.4. The minimum Gasteiger partial charge on any atom is -0.324 e. The smallest absolute Gasteiger partial charge is 0.224 e. The van der Waals surface area contributed by atoms with E-state index in [1.54, 1.807) is 12.1 Å². The molecule has 4 rings (SSSR count). The number of imidazole rings is 1. The van der Waals surface area contributed by atoms with Crippen LogP contribution in [0.25, 0.3) is 22.6 Å². The molecule has 1 aliphatic rings. The largest absolute Gasteiger partial charge is 0.324 e. The fourth-order valence-corrected chi connectivity index (χ4v) is 4.00. The monoisotopic (exact) mass is 366 g/mol. The van der Waals surface area contributed by atoms with Gasteiger partial charge in [-0.15, -0.1) is 5.10 Å². The van der Waals surface area contributed by atoms with Crippen molar-refractivity contribution >= 4 is 28.5 Å². The average molecular weight is 366 g/mol. The molecule has 1 aliphatic heterocycles. The highest BCUT2D eigenvalue weighted by Crippen LogP contribution is 2.28. The number of hydrogen-bond acceptors (Lipinski definition) is 6. The lowest BCUT2D eigenvalue weighted by molar-refractivity contribution is -0.129. The summed E-state index contributed by atoms with van der Waals surface area (Å²) in [6, 6.07) is 7.56. The van der Waals surface area contributed by atoms with E-state index in [-0.39, 0.29) is 5.91 Å². The molecule has 26 heavy (non-hydrogen) atoms. The minimum atomic E-state index is 0.182. The molecular weight excluding hydrogens is 348 g/mol. The van der Waals surface area contributed by atoms with Crippen LogP contribution in [0.15, 0.2) is 23.6 Å². The molecule has 3 heterocycles. The van der Waals surface area contributed by atoms with E-state index in [2.05, 4.69) is 27.6 Å². The van der Waals surface area contributed by atoms with E-state index in [4.69, 9.17) is 5.26 Å². The fourth-order valence-electron chi connectivity index (χ4n) is 3.56. The Morgan fingerprint density at radius 3 is 3.04 bits per heavy atom. The number of hydrogen-bond donors (Lipinski definition) is 0. The molecule has 2 aromatic heterocycles. The molecule has 0 saturated carbocycles. The summed E-state index contributed by atoms with van der Waals surface area (Å²) >= 11 is 1.26. The van der Waals surface area contributed by atoms with Crippen molar-refractivity contribution in [3.63, 3.8) is 0 Å². The number of nitrogens with zero attached hydrogens (tertiary/aromatic N) is 6. The number of fused-ring (bicyclic) bond motifs is 1. The Kier molecular flexibility index (Phi) is 4.39. The molecule has 0 aliphatic carbocycles. The first kappa shape index (κ1) is 16.7. The maximum Gasteiger partial charge on any atom is 0.224 e. The van der Waals surface area contributed by atoms with Crippen LogP contribution in [0.4, 0.5) is 0 Å². The summed E-state index contributed by atoms with van der Waals surface area (Å²) in [6.07, 6.45) is 2.78. The molecule has 1 saturated heterocycles. The van der Waals surface area contributed by atoms with Gasteiger partial charge in [-0.2, -0.15) is 5.26 Å². The van der Waals surface area contributed by atoms with Gasteiger partial charge >= 0.3 is 0 Å². The van der Waals surface area contributed by atoms with E-state index < -0.39 is 0 Å². The van der Waals surface area contributed by atoms with Crippen molar-refractivity contribution in [2.75, 3.05) is 6.54 Å². The van der Waals surface area contributed by atoms with E-state index in [9.17, 15) is 4.79 Å². The van der Waals surface area contributed by atoms with Crippen molar-refractivity contribution in [2.24, 2.45) is 5.92 Å².